The molecule has 1 amide bonds. The Bertz CT molecular complexity index is 1410. The lowest BCUT2D eigenvalue weighted by molar-refractivity contribution is 0.102. The standard InChI is InChI=1S/C25H21N7OS/c1-34-25-27-29-30-32(25)21-14-8-13-20(15-21)26-24(33)22-17-31(16-18-9-4-2-5-10-18)28-23(22)19-11-6-3-7-12-19/h2-15,17H,16H2,1H3,(H,26,33). The van der Waals surface area contributed by atoms with E-state index in [2.05, 4.69) is 20.8 Å². The number of benzene rings is 3. The van der Waals surface area contributed by atoms with Gasteiger partial charge in [0.1, 0.15) is 5.69 Å². The molecule has 2 aromatic heterocycles. The van der Waals surface area contributed by atoms with Crippen LogP contribution in [0.4, 0.5) is 5.69 Å². The van der Waals surface area contributed by atoms with Crippen LogP contribution in [0.25, 0.3) is 16.9 Å². The van der Waals surface area contributed by atoms with Crippen LogP contribution in [-0.4, -0.2) is 42.2 Å². The largest absolute Gasteiger partial charge is 0.322 e. The van der Waals surface area contributed by atoms with Crippen molar-refractivity contribution < 1.29 is 4.79 Å². The minimum Gasteiger partial charge on any atom is -0.322 e. The molecule has 9 heteroatoms. The molecule has 0 unspecified atom stereocenters. The van der Waals surface area contributed by atoms with E-state index in [1.807, 2.05) is 91.2 Å². The van der Waals surface area contributed by atoms with Crippen molar-refractivity contribution in [1.29, 1.82) is 0 Å². The highest BCUT2D eigenvalue weighted by Crippen LogP contribution is 2.24. The number of rotatable bonds is 7. The highest BCUT2D eigenvalue weighted by molar-refractivity contribution is 7.98. The van der Waals surface area contributed by atoms with E-state index in [-0.39, 0.29) is 5.91 Å². The molecule has 8 nitrogen and oxygen atoms in total. The van der Waals surface area contributed by atoms with Gasteiger partial charge in [0.25, 0.3) is 5.91 Å². The maximum atomic E-state index is 13.4. The molecule has 5 rings (SSSR count). The van der Waals surface area contributed by atoms with E-state index < -0.39 is 0 Å². The first-order valence-corrected chi connectivity index (χ1v) is 11.8. The van der Waals surface area contributed by atoms with E-state index in [0.29, 0.717) is 28.6 Å². The first-order chi connectivity index (χ1) is 16.7. The first kappa shape index (κ1) is 21.6. The van der Waals surface area contributed by atoms with Crippen LogP contribution < -0.4 is 5.32 Å². The van der Waals surface area contributed by atoms with Gasteiger partial charge >= 0.3 is 0 Å². The van der Waals surface area contributed by atoms with E-state index in [1.54, 1.807) is 15.6 Å². The summed E-state index contributed by atoms with van der Waals surface area (Å²) < 4.78 is 3.43. The molecule has 0 bridgehead atoms. The number of thioether (sulfide) groups is 1. The van der Waals surface area contributed by atoms with Gasteiger partial charge in [0.2, 0.25) is 5.16 Å². The van der Waals surface area contributed by atoms with E-state index in [4.69, 9.17) is 5.10 Å². The summed E-state index contributed by atoms with van der Waals surface area (Å²) in [5.41, 5.74) is 4.52. The van der Waals surface area contributed by atoms with Crippen molar-refractivity contribution in [3.05, 3.63) is 102 Å². The van der Waals surface area contributed by atoms with Crippen LogP contribution in [0.15, 0.2) is 96.3 Å². The summed E-state index contributed by atoms with van der Waals surface area (Å²) in [5, 5.41) is 20.2. The van der Waals surface area contributed by atoms with Crippen LogP contribution in [0.3, 0.4) is 0 Å². The quantitative estimate of drug-likeness (QED) is 0.353. The van der Waals surface area contributed by atoms with Crippen LogP contribution >= 0.6 is 11.8 Å². The molecule has 0 fully saturated rings. The van der Waals surface area contributed by atoms with Crippen molar-refractivity contribution in [3.8, 4) is 16.9 Å². The number of nitrogens with zero attached hydrogens (tertiary/aromatic N) is 6. The van der Waals surface area contributed by atoms with Crippen LogP contribution in [0.1, 0.15) is 15.9 Å². The lowest BCUT2D eigenvalue weighted by Crippen LogP contribution is -2.13. The molecule has 0 saturated carbocycles. The number of carbonyl (C=O) groups excluding carboxylic acids is 1. The lowest BCUT2D eigenvalue weighted by atomic mass is 10.1. The number of aromatic nitrogens is 6. The Labute approximate surface area is 200 Å². The van der Waals surface area contributed by atoms with Gasteiger partial charge in [0, 0.05) is 17.4 Å². The van der Waals surface area contributed by atoms with Gasteiger partial charge in [-0.05, 0) is 40.4 Å². The van der Waals surface area contributed by atoms with Gasteiger partial charge in [0.05, 0.1) is 17.8 Å². The van der Waals surface area contributed by atoms with Gasteiger partial charge in [-0.2, -0.15) is 9.78 Å². The zero-order valence-corrected chi connectivity index (χ0v) is 19.2. The summed E-state index contributed by atoms with van der Waals surface area (Å²) >= 11 is 1.44. The normalized spacial score (nSPS) is 10.9. The second-order valence-electron chi connectivity index (χ2n) is 7.52. The van der Waals surface area contributed by atoms with Crippen molar-refractivity contribution in [2.45, 2.75) is 11.7 Å². The fraction of sp³-hybridized carbons (Fsp3) is 0.0800. The average Bonchev–Trinajstić information content (AvgIpc) is 3.53. The van der Waals surface area contributed by atoms with Crippen LogP contribution in [0.5, 0.6) is 0 Å². The molecular weight excluding hydrogens is 446 g/mol. The van der Waals surface area contributed by atoms with Crippen LogP contribution in [0.2, 0.25) is 0 Å². The van der Waals surface area contributed by atoms with E-state index in [0.717, 1.165) is 16.8 Å². The number of anilines is 1. The molecule has 3 aromatic carbocycles. The summed E-state index contributed by atoms with van der Waals surface area (Å²) in [6.07, 6.45) is 3.70. The molecule has 0 spiro atoms. The molecule has 0 atom stereocenters. The molecule has 2 heterocycles. The highest BCUT2D eigenvalue weighted by atomic mass is 32.2. The number of amides is 1. The van der Waals surface area contributed by atoms with Crippen molar-refractivity contribution in [1.82, 2.24) is 30.0 Å². The molecule has 0 aliphatic rings. The Kier molecular flexibility index (Phi) is 6.17. The van der Waals surface area contributed by atoms with E-state index in [9.17, 15) is 4.79 Å². The maximum absolute atomic E-state index is 13.4. The highest BCUT2D eigenvalue weighted by Gasteiger charge is 2.19. The van der Waals surface area contributed by atoms with Gasteiger partial charge in [-0.25, -0.2) is 0 Å². The predicted molar refractivity (Wildman–Crippen MR) is 132 cm³/mol. The smallest absolute Gasteiger partial charge is 0.259 e. The Morgan fingerprint density at radius 1 is 0.971 bits per heavy atom. The van der Waals surface area contributed by atoms with Crippen molar-refractivity contribution in [2.75, 3.05) is 11.6 Å². The number of hydrogen-bond acceptors (Lipinski definition) is 6. The summed E-state index contributed by atoms with van der Waals surface area (Å²) in [6, 6.07) is 27.2. The van der Waals surface area contributed by atoms with Crippen molar-refractivity contribution in [2.24, 2.45) is 0 Å². The number of hydrogen-bond donors (Lipinski definition) is 1. The van der Waals surface area contributed by atoms with Crippen LogP contribution in [-0.2, 0) is 6.54 Å². The zero-order chi connectivity index (χ0) is 23.3. The molecular formula is C25H21N7OS. The first-order valence-electron chi connectivity index (χ1n) is 10.6. The van der Waals surface area contributed by atoms with E-state index >= 15 is 0 Å². The SMILES string of the molecule is CSc1nnnn1-c1cccc(NC(=O)c2cn(Cc3ccccc3)nc2-c2ccccc2)c1. The monoisotopic (exact) mass is 467 g/mol. The Balaban J connectivity index is 1.46. The minimum absolute atomic E-state index is 0.239. The van der Waals surface area contributed by atoms with Gasteiger partial charge in [0.15, 0.2) is 0 Å². The molecule has 0 aliphatic heterocycles. The Morgan fingerprint density at radius 3 is 2.50 bits per heavy atom. The fourth-order valence-corrected chi connectivity index (χ4v) is 4.06. The number of carbonyl (C=O) groups is 1. The average molecular weight is 468 g/mol. The van der Waals surface area contributed by atoms with Crippen molar-refractivity contribution >= 4 is 23.4 Å². The molecule has 1 N–H and O–H groups in total. The third-order valence-electron chi connectivity index (χ3n) is 5.21. The summed E-state index contributed by atoms with van der Waals surface area (Å²) in [6.45, 7) is 0.570. The van der Waals surface area contributed by atoms with Crippen molar-refractivity contribution in [3.63, 3.8) is 0 Å². The number of tetrazole rings is 1. The lowest BCUT2D eigenvalue weighted by Gasteiger charge is -2.08. The Morgan fingerprint density at radius 2 is 1.74 bits per heavy atom. The van der Waals surface area contributed by atoms with Gasteiger partial charge in [-0.15, -0.1) is 5.10 Å². The summed E-state index contributed by atoms with van der Waals surface area (Å²) in [5.74, 6) is -0.239. The third-order valence-corrected chi connectivity index (χ3v) is 5.83. The molecule has 0 aliphatic carbocycles. The fourth-order valence-electron chi connectivity index (χ4n) is 3.63. The summed E-state index contributed by atoms with van der Waals surface area (Å²) in [4.78, 5) is 13.4. The van der Waals surface area contributed by atoms with Gasteiger partial charge in [-0.1, -0.05) is 78.5 Å². The second kappa shape index (κ2) is 9.72. The molecule has 168 valence electrons. The second-order valence-corrected chi connectivity index (χ2v) is 8.30. The molecule has 34 heavy (non-hydrogen) atoms. The molecule has 0 saturated heterocycles. The molecule has 0 radical (unpaired) electrons. The zero-order valence-electron chi connectivity index (χ0n) is 18.4. The number of nitrogens with one attached hydrogen (secondary N) is 1. The minimum atomic E-state index is -0.239. The maximum Gasteiger partial charge on any atom is 0.259 e. The predicted octanol–water partition coefficient (Wildman–Crippen LogP) is 4.55. The molecule has 5 aromatic rings. The summed E-state index contributed by atoms with van der Waals surface area (Å²) in [7, 11) is 0. The van der Waals surface area contributed by atoms with Gasteiger partial charge < -0.3 is 5.32 Å². The Hall–Kier alpha value is -4.24. The van der Waals surface area contributed by atoms with Crippen LogP contribution in [0, 0.1) is 0 Å². The third kappa shape index (κ3) is 4.60. The van der Waals surface area contributed by atoms with E-state index in [1.165, 1.54) is 11.8 Å². The van der Waals surface area contributed by atoms with Gasteiger partial charge in [-0.3, -0.25) is 9.48 Å². The topological polar surface area (TPSA) is 90.5 Å².